The Labute approximate surface area is 123 Å². The van der Waals surface area contributed by atoms with Gasteiger partial charge in [0.2, 0.25) is 5.91 Å². The van der Waals surface area contributed by atoms with Crippen molar-refractivity contribution in [3.63, 3.8) is 0 Å². The fraction of sp³-hybridized carbons (Fsp3) is 0.235. The Bertz CT molecular complexity index is 709. The van der Waals surface area contributed by atoms with Gasteiger partial charge in [-0.05, 0) is 24.6 Å². The lowest BCUT2D eigenvalue weighted by molar-refractivity contribution is -0.697. The quantitative estimate of drug-likeness (QED) is 0.690. The van der Waals surface area contributed by atoms with Crippen LogP contribution in [0.2, 0.25) is 0 Å². The second kappa shape index (κ2) is 5.48. The first-order valence-electron chi connectivity index (χ1n) is 7.05. The first-order valence-corrected chi connectivity index (χ1v) is 7.05. The number of nitrogens with zero attached hydrogens (tertiary/aromatic N) is 1. The van der Waals surface area contributed by atoms with Crippen LogP contribution in [0.5, 0.6) is 0 Å². The third-order valence-corrected chi connectivity index (χ3v) is 3.85. The van der Waals surface area contributed by atoms with Crippen molar-refractivity contribution in [1.29, 1.82) is 0 Å². The first kappa shape index (κ1) is 13.5. The molecule has 21 heavy (non-hydrogen) atoms. The number of rotatable bonds is 4. The minimum Gasteiger partial charge on any atom is -0.325 e. The standard InChI is InChI=1S/C17H16N2O2/c1-12(20)13-5-4-9-19(11-13)10-8-15-14-6-2-3-7-16(14)18-17(15)21/h2-7,9,11,15H,8,10H2,1H3/p+1. The molecule has 1 aliphatic rings. The number of anilines is 1. The first-order chi connectivity index (χ1) is 10.1. The molecule has 4 nitrogen and oxygen atoms in total. The molecule has 2 aromatic rings. The van der Waals surface area contributed by atoms with Crippen LogP contribution in [-0.2, 0) is 11.3 Å². The molecule has 0 radical (unpaired) electrons. The molecule has 1 aromatic heterocycles. The highest BCUT2D eigenvalue weighted by atomic mass is 16.2. The summed E-state index contributed by atoms with van der Waals surface area (Å²) in [5.41, 5.74) is 2.66. The summed E-state index contributed by atoms with van der Waals surface area (Å²) >= 11 is 0. The molecule has 1 atom stereocenters. The number of hydrogen-bond donors (Lipinski definition) is 1. The molecular formula is C17H17N2O2+. The lowest BCUT2D eigenvalue weighted by Crippen LogP contribution is -2.35. The van der Waals surface area contributed by atoms with Crippen molar-refractivity contribution >= 4 is 17.4 Å². The van der Waals surface area contributed by atoms with Crippen molar-refractivity contribution < 1.29 is 14.2 Å². The number of amides is 1. The topological polar surface area (TPSA) is 50.0 Å². The molecular weight excluding hydrogens is 264 g/mol. The predicted molar refractivity (Wildman–Crippen MR) is 79.1 cm³/mol. The molecule has 0 bridgehead atoms. The van der Waals surface area contributed by atoms with E-state index in [0.717, 1.165) is 17.7 Å². The molecule has 0 spiro atoms. The van der Waals surface area contributed by atoms with E-state index in [2.05, 4.69) is 5.32 Å². The maximum Gasteiger partial charge on any atom is 0.232 e. The van der Waals surface area contributed by atoms with Gasteiger partial charge in [0, 0.05) is 18.2 Å². The van der Waals surface area contributed by atoms with E-state index in [1.165, 1.54) is 0 Å². The Morgan fingerprint density at radius 2 is 2.05 bits per heavy atom. The molecule has 4 heteroatoms. The van der Waals surface area contributed by atoms with E-state index in [9.17, 15) is 9.59 Å². The average Bonchev–Trinajstić information content (AvgIpc) is 2.81. The number of carbonyl (C=O) groups is 2. The number of Topliss-reactive ketones (excluding diaryl/α,β-unsaturated/α-hetero) is 1. The molecule has 106 valence electrons. The number of hydrogen-bond acceptors (Lipinski definition) is 2. The van der Waals surface area contributed by atoms with Crippen molar-refractivity contribution in [2.45, 2.75) is 25.8 Å². The third-order valence-electron chi connectivity index (χ3n) is 3.85. The Balaban J connectivity index is 1.75. The zero-order chi connectivity index (χ0) is 14.8. The number of fused-ring (bicyclic) bond motifs is 1. The van der Waals surface area contributed by atoms with Gasteiger partial charge in [0.05, 0.1) is 11.5 Å². The van der Waals surface area contributed by atoms with E-state index in [0.29, 0.717) is 12.1 Å². The van der Waals surface area contributed by atoms with Gasteiger partial charge in [-0.2, -0.15) is 0 Å². The fourth-order valence-corrected chi connectivity index (χ4v) is 2.71. The highest BCUT2D eigenvalue weighted by molar-refractivity contribution is 6.02. The van der Waals surface area contributed by atoms with E-state index < -0.39 is 0 Å². The zero-order valence-electron chi connectivity index (χ0n) is 11.9. The Morgan fingerprint density at radius 3 is 2.86 bits per heavy atom. The summed E-state index contributed by atoms with van der Waals surface area (Å²) in [4.78, 5) is 23.4. The smallest absolute Gasteiger partial charge is 0.232 e. The molecule has 1 amide bonds. The number of benzene rings is 1. The van der Waals surface area contributed by atoms with Crippen molar-refractivity contribution in [3.8, 4) is 0 Å². The van der Waals surface area contributed by atoms with Gasteiger partial charge in [0.25, 0.3) is 0 Å². The molecule has 0 aliphatic carbocycles. The van der Waals surface area contributed by atoms with E-state index in [4.69, 9.17) is 0 Å². The number of aromatic nitrogens is 1. The Kier molecular flexibility index (Phi) is 3.52. The van der Waals surface area contributed by atoms with E-state index in [1.54, 1.807) is 13.0 Å². The van der Waals surface area contributed by atoms with E-state index in [1.807, 2.05) is 47.3 Å². The van der Waals surface area contributed by atoms with Crippen LogP contribution >= 0.6 is 0 Å². The maximum absolute atomic E-state index is 12.1. The third kappa shape index (κ3) is 2.70. The summed E-state index contributed by atoms with van der Waals surface area (Å²) in [6.45, 7) is 2.26. The predicted octanol–water partition coefficient (Wildman–Crippen LogP) is 2.30. The molecule has 0 saturated heterocycles. The van der Waals surface area contributed by atoms with Crippen molar-refractivity contribution in [2.75, 3.05) is 5.32 Å². The minimum absolute atomic E-state index is 0.0494. The van der Waals surface area contributed by atoms with Crippen molar-refractivity contribution in [1.82, 2.24) is 0 Å². The van der Waals surface area contributed by atoms with Gasteiger partial charge in [-0.25, -0.2) is 4.57 Å². The van der Waals surface area contributed by atoms with Gasteiger partial charge in [-0.15, -0.1) is 0 Å². The van der Waals surface area contributed by atoms with Gasteiger partial charge in [0.1, 0.15) is 6.54 Å². The van der Waals surface area contributed by atoms with Crippen LogP contribution in [0.15, 0.2) is 48.8 Å². The van der Waals surface area contributed by atoms with Gasteiger partial charge >= 0.3 is 0 Å². The lowest BCUT2D eigenvalue weighted by atomic mass is 9.97. The van der Waals surface area contributed by atoms with Gasteiger partial charge in [0.15, 0.2) is 18.2 Å². The minimum atomic E-state index is -0.116. The number of ketones is 1. The number of nitrogens with one attached hydrogen (secondary N) is 1. The Morgan fingerprint density at radius 1 is 1.24 bits per heavy atom. The summed E-state index contributed by atoms with van der Waals surface area (Å²) in [5, 5.41) is 2.91. The molecule has 1 aromatic carbocycles. The molecule has 1 unspecified atom stereocenters. The number of carbonyl (C=O) groups excluding carboxylic acids is 2. The van der Waals surface area contributed by atoms with Crippen molar-refractivity contribution in [2.24, 2.45) is 0 Å². The van der Waals surface area contributed by atoms with Crippen LogP contribution < -0.4 is 9.88 Å². The number of aryl methyl sites for hydroxylation is 1. The van der Waals surface area contributed by atoms with Crippen LogP contribution in [0.3, 0.4) is 0 Å². The lowest BCUT2D eigenvalue weighted by Gasteiger charge is -2.06. The molecule has 0 saturated carbocycles. The Hall–Kier alpha value is -2.49. The maximum atomic E-state index is 12.1. The summed E-state index contributed by atoms with van der Waals surface area (Å²) in [5.74, 6) is -0.0116. The van der Waals surface area contributed by atoms with Crippen LogP contribution in [0.4, 0.5) is 5.69 Å². The summed E-state index contributed by atoms with van der Waals surface area (Å²) in [6, 6.07) is 11.5. The average molecular weight is 281 g/mol. The largest absolute Gasteiger partial charge is 0.325 e. The van der Waals surface area contributed by atoms with Crippen molar-refractivity contribution in [3.05, 3.63) is 59.9 Å². The van der Waals surface area contributed by atoms with Crippen LogP contribution in [0.1, 0.15) is 35.2 Å². The molecule has 1 N–H and O–H groups in total. The molecule has 0 fully saturated rings. The van der Waals surface area contributed by atoms with Crippen LogP contribution in [0.25, 0.3) is 0 Å². The molecule has 3 rings (SSSR count). The van der Waals surface area contributed by atoms with Crippen LogP contribution in [-0.4, -0.2) is 11.7 Å². The number of para-hydroxylation sites is 1. The molecule has 1 aliphatic heterocycles. The summed E-state index contributed by atoms with van der Waals surface area (Å²) in [7, 11) is 0. The second-order valence-electron chi connectivity index (χ2n) is 5.30. The summed E-state index contributed by atoms with van der Waals surface area (Å²) in [6.07, 6.45) is 4.47. The zero-order valence-corrected chi connectivity index (χ0v) is 11.9. The summed E-state index contributed by atoms with van der Waals surface area (Å²) < 4.78 is 1.96. The SMILES string of the molecule is CC(=O)c1ccc[n+](CCC2C(=O)Nc3ccccc32)c1. The molecule has 2 heterocycles. The van der Waals surface area contributed by atoms with E-state index in [-0.39, 0.29) is 17.6 Å². The highest BCUT2D eigenvalue weighted by Crippen LogP contribution is 2.34. The second-order valence-corrected chi connectivity index (χ2v) is 5.30. The number of pyridine rings is 1. The van der Waals surface area contributed by atoms with Gasteiger partial charge in [-0.1, -0.05) is 18.2 Å². The van der Waals surface area contributed by atoms with E-state index >= 15 is 0 Å². The fourth-order valence-electron chi connectivity index (χ4n) is 2.71. The highest BCUT2D eigenvalue weighted by Gasteiger charge is 2.30. The monoisotopic (exact) mass is 281 g/mol. The van der Waals surface area contributed by atoms with Gasteiger partial charge in [-0.3, -0.25) is 9.59 Å². The van der Waals surface area contributed by atoms with Crippen LogP contribution in [0, 0.1) is 0 Å². The van der Waals surface area contributed by atoms with Gasteiger partial charge < -0.3 is 5.32 Å². The normalized spacial score (nSPS) is 16.4.